The zero-order chi connectivity index (χ0) is 41.0. The van der Waals surface area contributed by atoms with Crippen LogP contribution in [0, 0.1) is 0 Å². The number of allylic oxidation sites excluding steroid dienone is 1. The van der Waals surface area contributed by atoms with Crippen LogP contribution in [0.25, 0.3) is 39.1 Å². The number of aliphatic imine (C=N–C) groups is 1. The van der Waals surface area contributed by atoms with Crippen LogP contribution in [0.1, 0.15) is 45.1 Å². The maximum atomic E-state index is 5.20. The highest BCUT2D eigenvalue weighted by molar-refractivity contribution is 6.13. The Balaban J connectivity index is 0.935. The SMILES string of the molecule is C1=C(c2ccccc2)NC(c2ccc(-c3cccc(-c4ccc5c(c4)C4(c6ccccc6-5)c5ccccc5N(c5ccccc5)c5ccncc54)c3)cc2)N=C1c1ccccc1. The first-order valence-corrected chi connectivity index (χ1v) is 21.3. The molecule has 3 heterocycles. The van der Waals surface area contributed by atoms with Crippen LogP contribution >= 0.6 is 0 Å². The van der Waals surface area contributed by atoms with Gasteiger partial charge in [0.25, 0.3) is 0 Å². The van der Waals surface area contributed by atoms with Gasteiger partial charge in [0, 0.05) is 29.3 Å². The maximum Gasteiger partial charge on any atom is 0.145 e. The summed E-state index contributed by atoms with van der Waals surface area (Å²) >= 11 is 0. The lowest BCUT2D eigenvalue weighted by Gasteiger charge is -2.44. The number of nitrogens with one attached hydrogen (secondary N) is 1. The zero-order valence-corrected chi connectivity index (χ0v) is 33.9. The summed E-state index contributed by atoms with van der Waals surface area (Å²) in [6.45, 7) is 0. The molecule has 1 aliphatic carbocycles. The molecule has 2 unspecified atom stereocenters. The van der Waals surface area contributed by atoms with Crippen LogP contribution in [0.3, 0.4) is 0 Å². The molecular weight excluding hydrogens is 753 g/mol. The fraction of sp³-hybridized carbons (Fsp3) is 0.0345. The van der Waals surface area contributed by atoms with Gasteiger partial charge < -0.3 is 10.2 Å². The van der Waals surface area contributed by atoms with Gasteiger partial charge >= 0.3 is 0 Å². The van der Waals surface area contributed by atoms with E-state index < -0.39 is 5.41 Å². The molecule has 62 heavy (non-hydrogen) atoms. The van der Waals surface area contributed by atoms with Crippen LogP contribution in [0.2, 0.25) is 0 Å². The molecule has 1 spiro atoms. The molecule has 0 amide bonds. The number of anilines is 3. The topological polar surface area (TPSA) is 40.5 Å². The fourth-order valence-electron chi connectivity index (χ4n) is 10.0. The third-order valence-electron chi connectivity index (χ3n) is 12.8. The standard InChI is InChI=1S/C58H40N4/c1-4-15-40(16-5-1)53-37-54(41-17-6-2-7-18-41)61-57(60-53)42-29-27-39(28-30-42)43-19-14-20-44(35-43)45-31-32-48-47-23-10-11-24-49(47)58(51(48)36-45)50-25-12-13-26-55(50)62(46-21-8-3-9-22-46)56-33-34-59-38-52(56)58/h1-38,57,60H. The summed E-state index contributed by atoms with van der Waals surface area (Å²) in [4.78, 5) is 12.4. The van der Waals surface area contributed by atoms with E-state index in [0.717, 1.165) is 45.0 Å². The van der Waals surface area contributed by atoms with Crippen LogP contribution in [-0.4, -0.2) is 10.7 Å². The van der Waals surface area contributed by atoms with E-state index in [9.17, 15) is 0 Å². The second kappa shape index (κ2) is 14.6. The van der Waals surface area contributed by atoms with Crippen molar-refractivity contribution in [2.75, 3.05) is 4.90 Å². The van der Waals surface area contributed by atoms with E-state index in [1.54, 1.807) is 0 Å². The van der Waals surface area contributed by atoms with Crippen LogP contribution in [0.4, 0.5) is 17.1 Å². The Labute approximate surface area is 361 Å². The Morgan fingerprint density at radius 1 is 0.435 bits per heavy atom. The second-order valence-corrected chi connectivity index (χ2v) is 16.2. The van der Waals surface area contributed by atoms with Crippen molar-refractivity contribution in [3.8, 4) is 33.4 Å². The molecule has 1 aromatic heterocycles. The lowest BCUT2D eigenvalue weighted by Crippen LogP contribution is -2.36. The first-order valence-electron chi connectivity index (χ1n) is 21.3. The van der Waals surface area contributed by atoms with Gasteiger partial charge in [-0.3, -0.25) is 9.98 Å². The molecule has 2 atom stereocenters. The van der Waals surface area contributed by atoms with Gasteiger partial charge in [0.1, 0.15) is 6.17 Å². The van der Waals surface area contributed by atoms with Crippen molar-refractivity contribution >= 4 is 28.5 Å². The third kappa shape index (κ3) is 5.68. The highest BCUT2D eigenvalue weighted by Crippen LogP contribution is 2.63. The Hall–Kier alpha value is -8.08. The lowest BCUT2D eigenvalue weighted by atomic mass is 9.65. The number of hydrogen-bond acceptors (Lipinski definition) is 4. The molecule has 292 valence electrons. The van der Waals surface area contributed by atoms with Crippen molar-refractivity contribution in [3.05, 3.63) is 270 Å². The summed E-state index contributed by atoms with van der Waals surface area (Å²) in [7, 11) is 0. The quantitative estimate of drug-likeness (QED) is 0.182. The van der Waals surface area contributed by atoms with Crippen LogP contribution < -0.4 is 10.2 Å². The lowest BCUT2D eigenvalue weighted by molar-refractivity contribution is 0.664. The van der Waals surface area contributed by atoms with Crippen molar-refractivity contribution in [1.82, 2.24) is 10.3 Å². The van der Waals surface area contributed by atoms with Gasteiger partial charge in [-0.1, -0.05) is 176 Å². The number of nitrogens with zero attached hydrogens (tertiary/aromatic N) is 3. The van der Waals surface area contributed by atoms with E-state index in [4.69, 9.17) is 9.98 Å². The summed E-state index contributed by atoms with van der Waals surface area (Å²) < 4.78 is 0. The van der Waals surface area contributed by atoms with E-state index in [0.29, 0.717) is 0 Å². The number of pyridine rings is 1. The van der Waals surface area contributed by atoms with Gasteiger partial charge in [0.2, 0.25) is 0 Å². The minimum absolute atomic E-state index is 0.223. The van der Waals surface area contributed by atoms with E-state index in [1.165, 1.54) is 55.8 Å². The number of aromatic nitrogens is 1. The molecule has 0 bridgehead atoms. The van der Waals surface area contributed by atoms with Crippen molar-refractivity contribution in [2.24, 2.45) is 4.99 Å². The monoisotopic (exact) mass is 792 g/mol. The van der Waals surface area contributed by atoms with Gasteiger partial charge in [-0.05, 0) is 109 Å². The van der Waals surface area contributed by atoms with Crippen molar-refractivity contribution < 1.29 is 0 Å². The number of hydrogen-bond donors (Lipinski definition) is 1. The first-order chi connectivity index (χ1) is 30.7. The molecule has 12 rings (SSSR count). The predicted octanol–water partition coefficient (Wildman–Crippen LogP) is 13.7. The number of rotatable bonds is 6. The summed E-state index contributed by atoms with van der Waals surface area (Å²) in [5, 5.41) is 3.72. The van der Waals surface area contributed by atoms with Gasteiger partial charge in [-0.25, -0.2) is 0 Å². The minimum atomic E-state index is -0.563. The number of benzene rings is 8. The summed E-state index contributed by atoms with van der Waals surface area (Å²) in [6.07, 6.45) is 5.95. The average Bonchev–Trinajstić information content (AvgIpc) is 3.65. The molecule has 2 aliphatic heterocycles. The number of fused-ring (bicyclic) bond motifs is 9. The molecule has 0 saturated heterocycles. The van der Waals surface area contributed by atoms with Gasteiger partial charge in [-0.2, -0.15) is 0 Å². The molecular formula is C58H40N4. The highest BCUT2D eigenvalue weighted by atomic mass is 15.2. The number of para-hydroxylation sites is 2. The fourth-order valence-corrected chi connectivity index (χ4v) is 10.0. The Kier molecular flexibility index (Phi) is 8.42. The molecule has 4 heteroatoms. The van der Waals surface area contributed by atoms with E-state index in [2.05, 4.69) is 229 Å². The minimum Gasteiger partial charge on any atom is -0.360 e. The Morgan fingerprint density at radius 3 is 1.82 bits per heavy atom. The first kappa shape index (κ1) is 35.8. The Bertz CT molecular complexity index is 3160. The third-order valence-corrected chi connectivity index (χ3v) is 12.8. The van der Waals surface area contributed by atoms with Crippen LogP contribution in [0.15, 0.2) is 236 Å². The van der Waals surface area contributed by atoms with Gasteiger partial charge in [0.05, 0.1) is 22.5 Å². The van der Waals surface area contributed by atoms with Gasteiger partial charge in [-0.15, -0.1) is 0 Å². The summed E-state index contributed by atoms with van der Waals surface area (Å²) in [6, 6.07) is 76.6. The molecule has 4 nitrogen and oxygen atoms in total. The molecule has 1 N–H and O–H groups in total. The molecule has 9 aromatic rings. The summed E-state index contributed by atoms with van der Waals surface area (Å²) in [5.74, 6) is 0. The second-order valence-electron chi connectivity index (χ2n) is 16.2. The van der Waals surface area contributed by atoms with Crippen molar-refractivity contribution in [1.29, 1.82) is 0 Å². The van der Waals surface area contributed by atoms with Crippen molar-refractivity contribution in [2.45, 2.75) is 11.6 Å². The molecule has 0 saturated carbocycles. The largest absolute Gasteiger partial charge is 0.360 e. The molecule has 0 radical (unpaired) electrons. The molecule has 8 aromatic carbocycles. The normalized spacial score (nSPS) is 16.9. The molecule has 3 aliphatic rings. The maximum absolute atomic E-state index is 5.20. The molecule has 0 fully saturated rings. The van der Waals surface area contributed by atoms with Crippen LogP contribution in [-0.2, 0) is 5.41 Å². The average molecular weight is 793 g/mol. The van der Waals surface area contributed by atoms with E-state index in [-0.39, 0.29) is 6.17 Å². The van der Waals surface area contributed by atoms with Gasteiger partial charge in [0.15, 0.2) is 0 Å². The Morgan fingerprint density at radius 2 is 1.03 bits per heavy atom. The van der Waals surface area contributed by atoms with Crippen LogP contribution in [0.5, 0.6) is 0 Å². The van der Waals surface area contributed by atoms with Crippen molar-refractivity contribution in [3.63, 3.8) is 0 Å². The smallest absolute Gasteiger partial charge is 0.145 e. The predicted molar refractivity (Wildman–Crippen MR) is 254 cm³/mol. The zero-order valence-electron chi connectivity index (χ0n) is 33.9. The van der Waals surface area contributed by atoms with E-state index in [1.807, 2.05) is 12.3 Å². The van der Waals surface area contributed by atoms with E-state index >= 15 is 0 Å². The highest BCUT2D eigenvalue weighted by Gasteiger charge is 2.52. The summed E-state index contributed by atoms with van der Waals surface area (Å²) in [5.41, 5.74) is 20.4.